The summed E-state index contributed by atoms with van der Waals surface area (Å²) < 4.78 is 0. The van der Waals surface area contributed by atoms with Crippen molar-refractivity contribution >= 4 is 5.91 Å². The average molecular weight is 218 g/mol. The number of rotatable bonds is 3. The number of hydrogen-bond donors (Lipinski definition) is 2. The Morgan fingerprint density at radius 2 is 2.00 bits per heavy atom. The van der Waals surface area contributed by atoms with E-state index in [9.17, 15) is 4.79 Å². The number of amides is 1. The van der Waals surface area contributed by atoms with Crippen molar-refractivity contribution in [3.05, 3.63) is 35.4 Å². The van der Waals surface area contributed by atoms with Crippen molar-refractivity contribution in [1.29, 1.82) is 0 Å². The van der Waals surface area contributed by atoms with Crippen LogP contribution in [0.5, 0.6) is 0 Å². The molecule has 0 saturated heterocycles. The Morgan fingerprint density at radius 1 is 1.31 bits per heavy atom. The Kier molecular flexibility index (Phi) is 3.57. The van der Waals surface area contributed by atoms with Crippen molar-refractivity contribution in [2.24, 2.45) is 5.73 Å². The van der Waals surface area contributed by atoms with E-state index in [1.165, 1.54) is 12.8 Å². The van der Waals surface area contributed by atoms with Crippen molar-refractivity contribution < 1.29 is 4.79 Å². The normalized spacial score (nSPS) is 16.3. The zero-order valence-electron chi connectivity index (χ0n) is 9.41. The molecule has 1 saturated carbocycles. The SMILES string of the molecule is NCc1ccccc1C(=O)NC1CCCC1. The molecule has 0 unspecified atom stereocenters. The first-order valence-corrected chi connectivity index (χ1v) is 5.90. The molecule has 1 amide bonds. The van der Waals surface area contributed by atoms with Gasteiger partial charge in [0.15, 0.2) is 0 Å². The second kappa shape index (κ2) is 5.12. The summed E-state index contributed by atoms with van der Waals surface area (Å²) in [6.07, 6.45) is 4.67. The van der Waals surface area contributed by atoms with Crippen LogP contribution in [-0.4, -0.2) is 11.9 Å². The fourth-order valence-electron chi connectivity index (χ4n) is 2.25. The van der Waals surface area contributed by atoms with Crippen LogP contribution in [0.15, 0.2) is 24.3 Å². The first kappa shape index (κ1) is 11.1. The third kappa shape index (κ3) is 2.42. The highest BCUT2D eigenvalue weighted by Gasteiger charge is 2.18. The van der Waals surface area contributed by atoms with Crippen LogP contribution in [0.4, 0.5) is 0 Å². The van der Waals surface area contributed by atoms with Crippen LogP contribution in [0.3, 0.4) is 0 Å². The van der Waals surface area contributed by atoms with Gasteiger partial charge in [0.2, 0.25) is 0 Å². The summed E-state index contributed by atoms with van der Waals surface area (Å²) in [4.78, 5) is 12.0. The molecule has 1 aliphatic carbocycles. The minimum atomic E-state index is 0.0213. The number of hydrogen-bond acceptors (Lipinski definition) is 2. The van der Waals surface area contributed by atoms with Crippen molar-refractivity contribution in [3.63, 3.8) is 0 Å². The van der Waals surface area contributed by atoms with Crippen LogP contribution in [-0.2, 0) is 6.54 Å². The fourth-order valence-corrected chi connectivity index (χ4v) is 2.25. The molecule has 0 radical (unpaired) electrons. The summed E-state index contributed by atoms with van der Waals surface area (Å²) in [7, 11) is 0. The van der Waals surface area contributed by atoms with Gasteiger partial charge in [0.1, 0.15) is 0 Å². The maximum absolute atomic E-state index is 12.0. The zero-order chi connectivity index (χ0) is 11.4. The predicted molar refractivity (Wildman–Crippen MR) is 64.1 cm³/mol. The number of nitrogens with one attached hydrogen (secondary N) is 1. The lowest BCUT2D eigenvalue weighted by molar-refractivity contribution is 0.0937. The number of carbonyl (C=O) groups is 1. The van der Waals surface area contributed by atoms with E-state index < -0.39 is 0 Å². The van der Waals surface area contributed by atoms with E-state index in [-0.39, 0.29) is 5.91 Å². The standard InChI is InChI=1S/C13H18N2O/c14-9-10-5-1-4-8-12(10)13(16)15-11-6-2-3-7-11/h1,4-5,8,11H,2-3,6-7,9,14H2,(H,15,16). The summed E-state index contributed by atoms with van der Waals surface area (Å²) >= 11 is 0. The highest BCUT2D eigenvalue weighted by atomic mass is 16.1. The summed E-state index contributed by atoms with van der Waals surface area (Å²) in [6, 6.07) is 7.89. The van der Waals surface area contributed by atoms with Crippen LogP contribution >= 0.6 is 0 Å². The van der Waals surface area contributed by atoms with Crippen LogP contribution in [0.2, 0.25) is 0 Å². The highest BCUT2D eigenvalue weighted by molar-refractivity contribution is 5.95. The molecule has 0 aliphatic heterocycles. The van der Waals surface area contributed by atoms with Crippen molar-refractivity contribution in [2.45, 2.75) is 38.3 Å². The lowest BCUT2D eigenvalue weighted by Crippen LogP contribution is -2.33. The van der Waals surface area contributed by atoms with E-state index in [2.05, 4.69) is 5.32 Å². The Hall–Kier alpha value is -1.35. The maximum atomic E-state index is 12.0. The molecule has 0 bridgehead atoms. The Balaban J connectivity index is 2.07. The van der Waals surface area contributed by atoms with Gasteiger partial charge in [0, 0.05) is 18.2 Å². The Labute approximate surface area is 96.0 Å². The first-order valence-electron chi connectivity index (χ1n) is 5.90. The van der Waals surface area contributed by atoms with Crippen LogP contribution in [0.1, 0.15) is 41.6 Å². The summed E-state index contributed by atoms with van der Waals surface area (Å²) in [5, 5.41) is 3.08. The van der Waals surface area contributed by atoms with Crippen LogP contribution in [0.25, 0.3) is 0 Å². The minimum Gasteiger partial charge on any atom is -0.349 e. The molecule has 0 spiro atoms. The summed E-state index contributed by atoms with van der Waals surface area (Å²) in [5.41, 5.74) is 7.25. The van der Waals surface area contributed by atoms with Crippen molar-refractivity contribution in [1.82, 2.24) is 5.32 Å². The van der Waals surface area contributed by atoms with E-state index in [1.807, 2.05) is 24.3 Å². The van der Waals surface area contributed by atoms with E-state index in [0.717, 1.165) is 24.0 Å². The number of nitrogens with two attached hydrogens (primary N) is 1. The van der Waals surface area contributed by atoms with Gasteiger partial charge in [-0.25, -0.2) is 0 Å². The quantitative estimate of drug-likeness (QED) is 0.813. The number of benzene rings is 1. The molecule has 0 atom stereocenters. The molecule has 3 heteroatoms. The number of carbonyl (C=O) groups excluding carboxylic acids is 1. The minimum absolute atomic E-state index is 0.0213. The van der Waals surface area contributed by atoms with Gasteiger partial charge in [-0.05, 0) is 24.5 Å². The van der Waals surface area contributed by atoms with Gasteiger partial charge in [-0.2, -0.15) is 0 Å². The van der Waals surface area contributed by atoms with E-state index in [1.54, 1.807) is 0 Å². The van der Waals surface area contributed by atoms with Gasteiger partial charge in [-0.1, -0.05) is 31.0 Å². The topological polar surface area (TPSA) is 55.1 Å². The lowest BCUT2D eigenvalue weighted by Gasteiger charge is -2.13. The molecule has 1 aromatic carbocycles. The van der Waals surface area contributed by atoms with Crippen molar-refractivity contribution in [2.75, 3.05) is 0 Å². The molecule has 0 heterocycles. The highest BCUT2D eigenvalue weighted by Crippen LogP contribution is 2.18. The van der Waals surface area contributed by atoms with Gasteiger partial charge in [-0.15, -0.1) is 0 Å². The second-order valence-corrected chi connectivity index (χ2v) is 4.32. The molecular formula is C13H18N2O. The molecule has 16 heavy (non-hydrogen) atoms. The molecule has 86 valence electrons. The largest absolute Gasteiger partial charge is 0.349 e. The Bertz CT molecular complexity index is 370. The predicted octanol–water partition coefficient (Wildman–Crippen LogP) is 1.82. The van der Waals surface area contributed by atoms with Gasteiger partial charge < -0.3 is 11.1 Å². The maximum Gasteiger partial charge on any atom is 0.251 e. The van der Waals surface area contributed by atoms with Gasteiger partial charge in [0.05, 0.1) is 0 Å². The summed E-state index contributed by atoms with van der Waals surface area (Å²) in [6.45, 7) is 0.411. The van der Waals surface area contributed by atoms with Gasteiger partial charge >= 0.3 is 0 Å². The fraction of sp³-hybridized carbons (Fsp3) is 0.462. The van der Waals surface area contributed by atoms with E-state index in [4.69, 9.17) is 5.73 Å². The third-order valence-electron chi connectivity index (χ3n) is 3.17. The molecule has 1 aliphatic rings. The van der Waals surface area contributed by atoms with E-state index in [0.29, 0.717) is 12.6 Å². The summed E-state index contributed by atoms with van der Waals surface area (Å²) in [5.74, 6) is 0.0213. The van der Waals surface area contributed by atoms with Crippen LogP contribution in [0, 0.1) is 0 Å². The lowest BCUT2D eigenvalue weighted by atomic mass is 10.1. The monoisotopic (exact) mass is 218 g/mol. The second-order valence-electron chi connectivity index (χ2n) is 4.32. The molecule has 3 N–H and O–H groups in total. The molecule has 1 fully saturated rings. The van der Waals surface area contributed by atoms with Gasteiger partial charge in [-0.3, -0.25) is 4.79 Å². The first-order chi connectivity index (χ1) is 7.81. The zero-order valence-corrected chi connectivity index (χ0v) is 9.41. The third-order valence-corrected chi connectivity index (χ3v) is 3.17. The Morgan fingerprint density at radius 3 is 2.69 bits per heavy atom. The molecule has 3 nitrogen and oxygen atoms in total. The van der Waals surface area contributed by atoms with E-state index >= 15 is 0 Å². The van der Waals surface area contributed by atoms with Crippen LogP contribution < -0.4 is 11.1 Å². The van der Waals surface area contributed by atoms with Crippen molar-refractivity contribution in [3.8, 4) is 0 Å². The molecular weight excluding hydrogens is 200 g/mol. The average Bonchev–Trinajstić information content (AvgIpc) is 2.81. The molecule has 0 aromatic heterocycles. The molecule has 1 aromatic rings. The van der Waals surface area contributed by atoms with Gasteiger partial charge in [0.25, 0.3) is 5.91 Å². The molecule has 2 rings (SSSR count). The smallest absolute Gasteiger partial charge is 0.251 e.